The highest BCUT2D eigenvalue weighted by atomic mass is 32.1. The van der Waals surface area contributed by atoms with E-state index in [1.807, 2.05) is 67.9 Å². The average Bonchev–Trinajstić information content (AvgIpc) is 3.53. The van der Waals surface area contributed by atoms with E-state index in [9.17, 15) is 14.4 Å². The SMILES string of the molecule is CCOC(=O)c1c(-c2ccc(C)cc2)csc1NC(=O)Cn1cnc2scc(-c3ccc(C)c(C)c3)c2c1=O. The van der Waals surface area contributed by atoms with E-state index in [0.29, 0.717) is 26.3 Å². The van der Waals surface area contributed by atoms with Crippen LogP contribution in [-0.4, -0.2) is 28.0 Å². The average molecular weight is 558 g/mol. The van der Waals surface area contributed by atoms with Gasteiger partial charge in [-0.3, -0.25) is 14.2 Å². The summed E-state index contributed by atoms with van der Waals surface area (Å²) in [7, 11) is 0. The van der Waals surface area contributed by atoms with Gasteiger partial charge in [0.15, 0.2) is 0 Å². The second-order valence-electron chi connectivity index (χ2n) is 9.29. The minimum Gasteiger partial charge on any atom is -0.462 e. The summed E-state index contributed by atoms with van der Waals surface area (Å²) in [5.41, 5.74) is 6.69. The number of thiophene rings is 2. The van der Waals surface area contributed by atoms with Crippen molar-refractivity contribution in [3.05, 3.63) is 92.2 Å². The number of fused-ring (bicyclic) bond motifs is 1. The second-order valence-corrected chi connectivity index (χ2v) is 11.0. The van der Waals surface area contributed by atoms with Crippen LogP contribution in [-0.2, 0) is 16.1 Å². The van der Waals surface area contributed by atoms with Gasteiger partial charge < -0.3 is 10.1 Å². The predicted molar refractivity (Wildman–Crippen MR) is 158 cm³/mol. The number of hydrogen-bond donors (Lipinski definition) is 1. The smallest absolute Gasteiger partial charge is 0.341 e. The lowest BCUT2D eigenvalue weighted by Gasteiger charge is -2.10. The Morgan fingerprint density at radius 2 is 1.67 bits per heavy atom. The fraction of sp³-hybridized carbons (Fsp3) is 0.200. The first-order valence-electron chi connectivity index (χ1n) is 12.5. The van der Waals surface area contributed by atoms with Crippen LogP contribution in [0.1, 0.15) is 34.0 Å². The molecule has 0 radical (unpaired) electrons. The van der Waals surface area contributed by atoms with Gasteiger partial charge in [0.2, 0.25) is 5.91 Å². The number of benzene rings is 2. The van der Waals surface area contributed by atoms with Gasteiger partial charge in [0.1, 0.15) is 21.9 Å². The largest absolute Gasteiger partial charge is 0.462 e. The highest BCUT2D eigenvalue weighted by Crippen LogP contribution is 2.36. The molecule has 0 fully saturated rings. The summed E-state index contributed by atoms with van der Waals surface area (Å²) in [6.07, 6.45) is 1.39. The first kappa shape index (κ1) is 26.5. The Kier molecular flexibility index (Phi) is 7.45. The van der Waals surface area contributed by atoms with E-state index in [1.54, 1.807) is 6.92 Å². The predicted octanol–water partition coefficient (Wildman–Crippen LogP) is 6.59. The topological polar surface area (TPSA) is 90.3 Å². The quantitative estimate of drug-likeness (QED) is 0.228. The number of carbonyl (C=O) groups is 2. The molecule has 198 valence electrons. The molecule has 5 aromatic rings. The first-order valence-corrected chi connectivity index (χ1v) is 14.2. The van der Waals surface area contributed by atoms with E-state index in [4.69, 9.17) is 4.74 Å². The molecule has 3 aromatic heterocycles. The molecule has 0 aliphatic heterocycles. The Balaban J connectivity index is 1.45. The van der Waals surface area contributed by atoms with Crippen LogP contribution >= 0.6 is 22.7 Å². The molecule has 1 N–H and O–H groups in total. The zero-order chi connectivity index (χ0) is 27.7. The van der Waals surface area contributed by atoms with Crippen LogP contribution in [0.25, 0.3) is 32.5 Å². The maximum absolute atomic E-state index is 13.5. The maximum atomic E-state index is 13.5. The van der Waals surface area contributed by atoms with Crippen molar-refractivity contribution in [3.8, 4) is 22.3 Å². The highest BCUT2D eigenvalue weighted by molar-refractivity contribution is 7.17. The maximum Gasteiger partial charge on any atom is 0.341 e. The Morgan fingerprint density at radius 1 is 0.949 bits per heavy atom. The zero-order valence-electron chi connectivity index (χ0n) is 22.0. The molecule has 9 heteroatoms. The molecular weight excluding hydrogens is 530 g/mol. The van der Waals surface area contributed by atoms with E-state index in [1.165, 1.54) is 39.1 Å². The molecule has 3 heterocycles. The van der Waals surface area contributed by atoms with Crippen LogP contribution in [0, 0.1) is 20.8 Å². The van der Waals surface area contributed by atoms with E-state index < -0.39 is 11.9 Å². The molecule has 0 saturated heterocycles. The molecule has 7 nitrogen and oxygen atoms in total. The minimum atomic E-state index is -0.513. The summed E-state index contributed by atoms with van der Waals surface area (Å²) in [5, 5.41) is 7.44. The van der Waals surface area contributed by atoms with Crippen molar-refractivity contribution in [2.75, 3.05) is 11.9 Å². The first-order chi connectivity index (χ1) is 18.8. The Labute approximate surface area is 233 Å². The number of amides is 1. The number of anilines is 1. The van der Waals surface area contributed by atoms with E-state index in [-0.39, 0.29) is 18.7 Å². The van der Waals surface area contributed by atoms with Gasteiger partial charge in [-0.2, -0.15) is 0 Å². The van der Waals surface area contributed by atoms with Crippen molar-refractivity contribution in [2.45, 2.75) is 34.2 Å². The van der Waals surface area contributed by atoms with Crippen molar-refractivity contribution in [1.29, 1.82) is 0 Å². The Morgan fingerprint density at radius 3 is 2.38 bits per heavy atom. The number of nitrogens with zero attached hydrogens (tertiary/aromatic N) is 2. The summed E-state index contributed by atoms with van der Waals surface area (Å²) in [6.45, 7) is 7.77. The van der Waals surface area contributed by atoms with Crippen molar-refractivity contribution >= 4 is 49.8 Å². The molecule has 2 aromatic carbocycles. The summed E-state index contributed by atoms with van der Waals surface area (Å²) in [6, 6.07) is 13.9. The van der Waals surface area contributed by atoms with Gasteiger partial charge in [0.05, 0.1) is 18.3 Å². The molecule has 0 unspecified atom stereocenters. The van der Waals surface area contributed by atoms with Gasteiger partial charge in [0.25, 0.3) is 5.56 Å². The van der Waals surface area contributed by atoms with Gasteiger partial charge in [-0.15, -0.1) is 22.7 Å². The summed E-state index contributed by atoms with van der Waals surface area (Å²) < 4.78 is 6.59. The lowest BCUT2D eigenvalue weighted by molar-refractivity contribution is -0.116. The molecule has 5 rings (SSSR count). The molecular formula is C30H27N3O4S2. The van der Waals surface area contributed by atoms with Crippen molar-refractivity contribution in [1.82, 2.24) is 9.55 Å². The summed E-state index contributed by atoms with van der Waals surface area (Å²) >= 11 is 2.64. The van der Waals surface area contributed by atoms with Crippen molar-refractivity contribution in [2.24, 2.45) is 0 Å². The minimum absolute atomic E-state index is 0.208. The summed E-state index contributed by atoms with van der Waals surface area (Å²) in [5.74, 6) is -0.953. The number of rotatable bonds is 7. The monoisotopic (exact) mass is 557 g/mol. The summed E-state index contributed by atoms with van der Waals surface area (Å²) in [4.78, 5) is 44.6. The zero-order valence-corrected chi connectivity index (χ0v) is 23.7. The van der Waals surface area contributed by atoms with Crippen LogP contribution in [0.4, 0.5) is 5.00 Å². The molecule has 0 bridgehead atoms. The molecule has 0 spiro atoms. The Bertz CT molecular complexity index is 1760. The van der Waals surface area contributed by atoms with Crippen molar-refractivity contribution < 1.29 is 14.3 Å². The number of esters is 1. The third-order valence-corrected chi connectivity index (χ3v) is 8.36. The Hall–Kier alpha value is -4.08. The fourth-order valence-corrected chi connectivity index (χ4v) is 6.20. The lowest BCUT2D eigenvalue weighted by atomic mass is 10.0. The van der Waals surface area contributed by atoms with Crippen LogP contribution in [0.15, 0.2) is 64.3 Å². The molecule has 1 amide bonds. The van der Waals surface area contributed by atoms with Crippen LogP contribution in [0.3, 0.4) is 0 Å². The molecule has 0 aliphatic rings. The molecule has 0 aliphatic carbocycles. The van der Waals surface area contributed by atoms with Crippen LogP contribution in [0.2, 0.25) is 0 Å². The normalized spacial score (nSPS) is 11.1. The van der Waals surface area contributed by atoms with Crippen LogP contribution in [0.5, 0.6) is 0 Å². The van der Waals surface area contributed by atoms with Gasteiger partial charge >= 0.3 is 5.97 Å². The number of nitrogens with one attached hydrogen (secondary N) is 1. The number of ether oxygens (including phenoxy) is 1. The van der Waals surface area contributed by atoms with Crippen molar-refractivity contribution in [3.63, 3.8) is 0 Å². The van der Waals surface area contributed by atoms with E-state index in [2.05, 4.69) is 16.4 Å². The third kappa shape index (κ3) is 5.28. The lowest BCUT2D eigenvalue weighted by Crippen LogP contribution is -2.28. The standard InChI is InChI=1S/C30H27N3O4S2/c1-5-37-30(36)26-22(20-9-6-17(2)7-10-20)14-39-28(26)32-24(34)13-33-16-31-27-25(29(33)35)23(15-38-27)21-11-8-18(3)19(4)12-21/h6-12,14-16H,5,13H2,1-4H3,(H,32,34). The number of carbonyl (C=O) groups excluding carboxylic acids is 2. The third-order valence-electron chi connectivity index (χ3n) is 6.58. The highest BCUT2D eigenvalue weighted by Gasteiger charge is 2.23. The molecule has 0 saturated carbocycles. The van der Waals surface area contributed by atoms with E-state index in [0.717, 1.165) is 27.8 Å². The number of hydrogen-bond acceptors (Lipinski definition) is 7. The van der Waals surface area contributed by atoms with Gasteiger partial charge in [-0.1, -0.05) is 48.0 Å². The number of aromatic nitrogens is 2. The molecule has 0 atom stereocenters. The second kappa shape index (κ2) is 11.0. The van der Waals surface area contributed by atoms with Crippen LogP contribution < -0.4 is 10.9 Å². The number of aryl methyl sites for hydroxylation is 3. The van der Waals surface area contributed by atoms with Gasteiger partial charge in [-0.05, 0) is 49.9 Å². The van der Waals surface area contributed by atoms with E-state index >= 15 is 0 Å². The fourth-order valence-electron chi connectivity index (χ4n) is 4.32. The van der Waals surface area contributed by atoms with Gasteiger partial charge in [-0.25, -0.2) is 9.78 Å². The van der Waals surface area contributed by atoms with Gasteiger partial charge in [0, 0.05) is 21.9 Å². The molecule has 39 heavy (non-hydrogen) atoms.